The summed E-state index contributed by atoms with van der Waals surface area (Å²) in [6.45, 7) is -0.191. The van der Waals surface area contributed by atoms with Gasteiger partial charge in [0.15, 0.2) is 11.6 Å². The zero-order valence-corrected chi connectivity index (χ0v) is 18.9. The van der Waals surface area contributed by atoms with Crippen LogP contribution < -0.4 is 5.73 Å². The maximum Gasteiger partial charge on any atom is 0.414 e. The van der Waals surface area contributed by atoms with Crippen LogP contribution in [-0.2, 0) is 11.3 Å². The van der Waals surface area contributed by atoms with Gasteiger partial charge in [-0.25, -0.2) is 9.99 Å². The smallest absolute Gasteiger partial charge is 0.384 e. The molecule has 3 N–H and O–H groups in total. The first-order chi connectivity index (χ1) is 14.5. The molecule has 14 heteroatoms. The molecule has 1 aliphatic heterocycles. The molecule has 31 heavy (non-hydrogen) atoms. The average Bonchev–Trinajstić information content (AvgIpc) is 3.20. The van der Waals surface area contributed by atoms with E-state index in [1.807, 2.05) is 0 Å². The molecule has 1 aromatic carbocycles. The van der Waals surface area contributed by atoms with Gasteiger partial charge in [0, 0.05) is 5.02 Å². The largest absolute Gasteiger partial charge is 0.414 e. The molecular weight excluding hydrogens is 456 g/mol. The van der Waals surface area contributed by atoms with Crippen LogP contribution in [-0.4, -0.2) is 70.2 Å². The van der Waals surface area contributed by atoms with Gasteiger partial charge in [0.05, 0.1) is 11.6 Å². The third kappa shape index (κ3) is 5.24. The average molecular weight is 473 g/mol. The normalized spacial score (nSPS) is 17.7. The summed E-state index contributed by atoms with van der Waals surface area (Å²) < 4.78 is 39.4. The van der Waals surface area contributed by atoms with Crippen LogP contribution in [0.15, 0.2) is 29.4 Å². The van der Waals surface area contributed by atoms with Gasteiger partial charge in [-0.3, -0.25) is 9.59 Å². The van der Waals surface area contributed by atoms with E-state index in [9.17, 15) is 27.9 Å². The van der Waals surface area contributed by atoms with Gasteiger partial charge in [0.2, 0.25) is 0 Å². The number of benzene rings is 1. The summed E-state index contributed by atoms with van der Waals surface area (Å²) in [7, 11) is 0. The zero-order chi connectivity index (χ0) is 22.9. The van der Waals surface area contributed by atoms with Crippen molar-refractivity contribution in [1.29, 1.82) is 0 Å². The van der Waals surface area contributed by atoms with Gasteiger partial charge in [-0.15, -0.1) is 0 Å². The second-order valence-electron chi connectivity index (χ2n) is 6.91. The fourth-order valence-electron chi connectivity index (χ4n) is 3.14. The standard InChI is InChI=1S/C17H16ClF3N6O3.Al.2H/c18-9-3-1-8(2-4-9)13-10(5-6-11(28)17(19,20)21)16(30)27(26-13)7-12-23-15(14(22)29)25-24-12;;;/h1-4,10-11,28H,5-7H2,(H3,22,23,24,25,29);;;/q;+1;;/p-1. The molecule has 164 valence electrons. The van der Waals surface area contributed by atoms with E-state index < -0.39 is 36.4 Å². The molecule has 0 bridgehead atoms. The van der Waals surface area contributed by atoms with Gasteiger partial charge in [-0.2, -0.15) is 23.4 Å². The summed E-state index contributed by atoms with van der Waals surface area (Å²) in [4.78, 5) is 28.3. The van der Waals surface area contributed by atoms with Crippen LogP contribution in [0.25, 0.3) is 0 Å². The number of carbonyl (C=O) groups excluding carboxylic acids is 2. The Kier molecular flexibility index (Phi) is 6.71. The lowest BCUT2D eigenvalue weighted by Crippen LogP contribution is -2.32. The van der Waals surface area contributed by atoms with Gasteiger partial charge in [0.25, 0.3) is 11.8 Å². The van der Waals surface area contributed by atoms with E-state index in [1.165, 1.54) is 3.67 Å². The molecule has 0 saturated carbocycles. The van der Waals surface area contributed by atoms with Crippen molar-refractivity contribution in [3.05, 3.63) is 46.5 Å². The Morgan fingerprint density at radius 1 is 1.32 bits per heavy atom. The Bertz CT molecular complexity index is 1030. The molecule has 0 saturated heterocycles. The highest BCUT2D eigenvalue weighted by molar-refractivity contribution is 6.30. The van der Waals surface area contributed by atoms with E-state index in [0.717, 1.165) is 5.01 Å². The van der Waals surface area contributed by atoms with Gasteiger partial charge in [-0.05, 0) is 30.5 Å². The maximum atomic E-state index is 12.9. The molecule has 2 amide bonds. The Morgan fingerprint density at radius 3 is 2.52 bits per heavy atom. The van der Waals surface area contributed by atoms with Crippen LogP contribution in [0.1, 0.15) is 34.8 Å². The van der Waals surface area contributed by atoms with Crippen molar-refractivity contribution in [2.75, 3.05) is 0 Å². The number of carbonyl (C=O) groups is 2. The van der Waals surface area contributed by atoms with Gasteiger partial charge in [0.1, 0.15) is 12.6 Å². The van der Waals surface area contributed by atoms with Crippen LogP contribution in [0.3, 0.4) is 0 Å². The van der Waals surface area contributed by atoms with Gasteiger partial charge < -0.3 is 14.5 Å². The number of hydrogen-bond acceptors (Lipinski definition) is 6. The third-order valence-corrected chi connectivity index (χ3v) is 5.55. The molecule has 0 radical (unpaired) electrons. The fraction of sp³-hybridized carbons (Fsp3) is 0.353. The molecule has 9 nitrogen and oxygen atoms in total. The lowest BCUT2D eigenvalue weighted by molar-refractivity contribution is -0.206. The molecule has 1 aromatic heterocycles. The Balaban J connectivity index is 1.87. The predicted molar refractivity (Wildman–Crippen MR) is 106 cm³/mol. The molecule has 1 aliphatic rings. The van der Waals surface area contributed by atoms with Gasteiger partial charge >= 0.3 is 22.7 Å². The summed E-state index contributed by atoms with van der Waals surface area (Å²) in [5.41, 5.74) is 5.98. The number of nitrogens with zero attached hydrogens (tertiary/aromatic N) is 5. The lowest BCUT2D eigenvalue weighted by atomic mass is 9.91. The van der Waals surface area contributed by atoms with Crippen LogP contribution >= 0.6 is 11.6 Å². The maximum absolute atomic E-state index is 12.9. The number of aliphatic hydroxyl groups excluding tert-OH is 1. The van der Waals surface area contributed by atoms with Crippen molar-refractivity contribution in [2.24, 2.45) is 16.8 Å². The minimum atomic E-state index is -4.79. The molecule has 2 aromatic rings. The van der Waals surface area contributed by atoms with Gasteiger partial charge in [-0.1, -0.05) is 23.7 Å². The molecule has 0 aliphatic carbocycles. The molecule has 3 rings (SSSR count). The summed E-state index contributed by atoms with van der Waals surface area (Å²) >= 11 is 6.22. The number of rotatable bonds is 7. The van der Waals surface area contributed by atoms with E-state index in [0.29, 0.717) is 27.1 Å². The Labute approximate surface area is 187 Å². The number of aromatic nitrogens is 3. The first kappa shape index (κ1) is 23.2. The summed E-state index contributed by atoms with van der Waals surface area (Å²) in [6.07, 6.45) is -8.28. The van der Waals surface area contributed by atoms with Crippen LogP contribution in [0, 0.1) is 5.92 Å². The fourth-order valence-corrected chi connectivity index (χ4v) is 3.82. The molecule has 2 unspecified atom stereocenters. The minimum Gasteiger partial charge on any atom is -0.384 e. The number of hydrazone groups is 1. The summed E-state index contributed by atoms with van der Waals surface area (Å²) in [6, 6.07) is 6.33. The van der Waals surface area contributed by atoms with Crippen molar-refractivity contribution < 1.29 is 27.9 Å². The molecule has 0 spiro atoms. The quantitative estimate of drug-likeness (QED) is 0.567. The number of alkyl halides is 3. The number of amides is 2. The van der Waals surface area contributed by atoms with Crippen molar-refractivity contribution >= 4 is 45.6 Å². The second-order valence-corrected chi connectivity index (χ2v) is 8.20. The summed E-state index contributed by atoms with van der Waals surface area (Å²) in [5.74, 6) is -2.28. The van der Waals surface area contributed by atoms with Crippen LogP contribution in [0.2, 0.25) is 5.02 Å². The number of primary amides is 1. The Hall–Kier alpha value is -2.46. The SMILES string of the molecule is NC(=O)c1nc(CN2N=C(c3ccc(Cl)cc3)C(CCC(O)C(F)(F)F)C2=O)n[n]1[AlH2]. The highest BCUT2D eigenvalue weighted by Gasteiger charge is 2.42. The van der Waals surface area contributed by atoms with Crippen molar-refractivity contribution in [3.8, 4) is 0 Å². The first-order valence-electron chi connectivity index (χ1n) is 9.07. The molecular formula is C17H17AlClF3N6O3. The molecule has 2 heterocycles. The number of halogens is 4. The lowest BCUT2D eigenvalue weighted by Gasteiger charge is -2.17. The van der Waals surface area contributed by atoms with E-state index >= 15 is 0 Å². The highest BCUT2D eigenvalue weighted by Crippen LogP contribution is 2.30. The highest BCUT2D eigenvalue weighted by atomic mass is 35.5. The minimum absolute atomic E-state index is 0.0555. The van der Waals surface area contributed by atoms with Crippen LogP contribution in [0.4, 0.5) is 13.2 Å². The van der Waals surface area contributed by atoms with Crippen molar-refractivity contribution in [1.82, 2.24) is 18.8 Å². The second kappa shape index (κ2) is 8.96. The number of hydrogen-bond donors (Lipinski definition) is 2. The first-order valence-corrected chi connectivity index (χ1v) is 10.3. The van der Waals surface area contributed by atoms with E-state index in [4.69, 9.17) is 17.3 Å². The zero-order valence-electron chi connectivity index (χ0n) is 16.2. The predicted octanol–water partition coefficient (Wildman–Crippen LogP) is 0.493. The van der Waals surface area contributed by atoms with E-state index in [2.05, 4.69) is 15.2 Å². The number of nitrogens with two attached hydrogens (primary N) is 1. The monoisotopic (exact) mass is 472 g/mol. The van der Waals surface area contributed by atoms with E-state index in [1.54, 1.807) is 24.3 Å². The van der Waals surface area contributed by atoms with E-state index in [-0.39, 0.29) is 30.3 Å². The summed E-state index contributed by atoms with van der Waals surface area (Å²) in [5, 5.41) is 19.2. The topological polar surface area (TPSA) is 127 Å². The Morgan fingerprint density at radius 2 is 1.97 bits per heavy atom. The number of aliphatic hydroxyl groups is 1. The molecule has 0 fully saturated rings. The van der Waals surface area contributed by atoms with Crippen LogP contribution in [0.5, 0.6) is 0 Å². The van der Waals surface area contributed by atoms with Crippen molar-refractivity contribution in [2.45, 2.75) is 31.7 Å². The third-order valence-electron chi connectivity index (χ3n) is 4.68. The molecule has 2 atom stereocenters. The van der Waals surface area contributed by atoms with Crippen molar-refractivity contribution in [3.63, 3.8) is 0 Å².